The van der Waals surface area contributed by atoms with Gasteiger partial charge in [-0.2, -0.15) is 0 Å². The molecule has 2 aromatic heterocycles. The number of hydrogen-bond acceptors (Lipinski definition) is 5. The van der Waals surface area contributed by atoms with Gasteiger partial charge < -0.3 is 4.74 Å². The number of carbonyl (C=O) groups is 1. The Morgan fingerprint density at radius 1 is 1.61 bits per heavy atom. The Kier molecular flexibility index (Phi) is 2.75. The minimum atomic E-state index is -0.290. The van der Waals surface area contributed by atoms with Gasteiger partial charge >= 0.3 is 6.09 Å². The number of aryl methyl sites for hydroxylation is 1. The minimum absolute atomic E-state index is 0.179. The summed E-state index contributed by atoms with van der Waals surface area (Å²) in [5.41, 5.74) is 1.16. The summed E-state index contributed by atoms with van der Waals surface area (Å²) in [5.74, 6) is 0. The molecule has 18 heavy (non-hydrogen) atoms. The maximum atomic E-state index is 11.8. The topological polar surface area (TPSA) is 60.3 Å². The van der Waals surface area contributed by atoms with Gasteiger partial charge in [0, 0.05) is 6.20 Å². The number of ether oxygens (including phenoxy) is 1. The molecule has 0 saturated carbocycles. The summed E-state index contributed by atoms with van der Waals surface area (Å²) in [6, 6.07) is 1.99. The molecule has 3 heterocycles. The van der Waals surface area contributed by atoms with Gasteiger partial charge in [-0.1, -0.05) is 5.21 Å². The lowest BCUT2D eigenvalue weighted by atomic mass is 10.3. The Labute approximate surface area is 108 Å². The van der Waals surface area contributed by atoms with Crippen LogP contribution in [0.4, 0.5) is 9.80 Å². The summed E-state index contributed by atoms with van der Waals surface area (Å²) in [4.78, 5) is 13.5. The number of hydrogen-bond donors (Lipinski definition) is 0. The van der Waals surface area contributed by atoms with Crippen LogP contribution in [0.15, 0.2) is 23.8 Å². The summed E-state index contributed by atoms with van der Waals surface area (Å²) < 4.78 is 6.98. The van der Waals surface area contributed by atoms with Crippen molar-refractivity contribution in [2.24, 2.45) is 0 Å². The van der Waals surface area contributed by atoms with E-state index in [9.17, 15) is 4.79 Å². The molecule has 1 fully saturated rings. The molecule has 2 aromatic rings. The van der Waals surface area contributed by atoms with E-state index in [2.05, 4.69) is 10.3 Å². The lowest BCUT2D eigenvalue weighted by molar-refractivity contribution is 0.129. The highest BCUT2D eigenvalue weighted by atomic mass is 32.1. The third-order valence-corrected chi connectivity index (χ3v) is 3.79. The molecule has 0 aromatic carbocycles. The standard InChI is InChI=1S/C11H12N4O2S/c1-8-4-10(18-7-8)15-6-9(17-11(15)16)5-14-3-2-12-13-14/h2-4,7,9H,5-6H2,1H3/t9-/m0/s1. The highest BCUT2D eigenvalue weighted by Gasteiger charge is 2.33. The fraction of sp³-hybridized carbons (Fsp3) is 0.364. The largest absolute Gasteiger partial charge is 0.442 e. The molecule has 0 N–H and O–H groups in total. The molecule has 0 unspecified atom stereocenters. The molecule has 6 nitrogen and oxygen atoms in total. The molecule has 1 aliphatic rings. The molecule has 7 heteroatoms. The first-order valence-electron chi connectivity index (χ1n) is 5.60. The summed E-state index contributed by atoms with van der Waals surface area (Å²) in [7, 11) is 0. The molecule has 3 rings (SSSR count). The number of nitrogens with zero attached hydrogens (tertiary/aromatic N) is 4. The highest BCUT2D eigenvalue weighted by molar-refractivity contribution is 7.14. The fourth-order valence-corrected chi connectivity index (χ4v) is 2.80. The second-order valence-electron chi connectivity index (χ2n) is 4.20. The molecule has 1 amide bonds. The maximum absolute atomic E-state index is 11.8. The number of carbonyl (C=O) groups excluding carboxylic acids is 1. The van der Waals surface area contributed by atoms with Crippen LogP contribution in [0, 0.1) is 6.92 Å². The third kappa shape index (κ3) is 2.08. The molecule has 0 bridgehead atoms. The van der Waals surface area contributed by atoms with Gasteiger partial charge in [-0.15, -0.1) is 16.4 Å². The molecule has 1 atom stereocenters. The number of anilines is 1. The second-order valence-corrected chi connectivity index (χ2v) is 5.09. The van der Waals surface area contributed by atoms with Crippen molar-refractivity contribution in [3.8, 4) is 0 Å². The van der Waals surface area contributed by atoms with Crippen LogP contribution in [0.3, 0.4) is 0 Å². The van der Waals surface area contributed by atoms with E-state index in [1.54, 1.807) is 33.3 Å². The minimum Gasteiger partial charge on any atom is -0.442 e. The maximum Gasteiger partial charge on any atom is 0.415 e. The second kappa shape index (κ2) is 4.41. The number of amides is 1. The Hall–Kier alpha value is -1.89. The highest BCUT2D eigenvalue weighted by Crippen LogP contribution is 2.28. The molecular weight excluding hydrogens is 252 g/mol. The first-order valence-corrected chi connectivity index (χ1v) is 6.48. The van der Waals surface area contributed by atoms with E-state index < -0.39 is 0 Å². The Balaban J connectivity index is 1.70. The van der Waals surface area contributed by atoms with Crippen LogP contribution >= 0.6 is 11.3 Å². The van der Waals surface area contributed by atoms with Crippen LogP contribution < -0.4 is 4.90 Å². The van der Waals surface area contributed by atoms with E-state index in [0.717, 1.165) is 10.6 Å². The SMILES string of the molecule is Cc1csc(N2C[C@H](Cn3ccnn3)OC2=O)c1. The fourth-order valence-electron chi connectivity index (χ4n) is 1.89. The van der Waals surface area contributed by atoms with Crippen molar-refractivity contribution in [1.82, 2.24) is 15.0 Å². The first-order chi connectivity index (χ1) is 8.72. The summed E-state index contributed by atoms with van der Waals surface area (Å²) >= 11 is 1.55. The van der Waals surface area contributed by atoms with E-state index in [0.29, 0.717) is 13.1 Å². The van der Waals surface area contributed by atoms with Crippen LogP contribution in [0.5, 0.6) is 0 Å². The molecule has 0 radical (unpaired) electrons. The van der Waals surface area contributed by atoms with Crippen molar-refractivity contribution >= 4 is 22.4 Å². The van der Waals surface area contributed by atoms with Crippen molar-refractivity contribution in [1.29, 1.82) is 0 Å². The molecular formula is C11H12N4O2S. The number of thiophene rings is 1. The van der Waals surface area contributed by atoms with Crippen molar-refractivity contribution in [3.05, 3.63) is 29.4 Å². The zero-order valence-corrected chi connectivity index (χ0v) is 10.6. The number of rotatable bonds is 3. The summed E-state index contributed by atoms with van der Waals surface area (Å²) in [6.45, 7) is 3.10. The van der Waals surface area contributed by atoms with Crippen molar-refractivity contribution in [2.45, 2.75) is 19.6 Å². The summed E-state index contributed by atoms with van der Waals surface area (Å²) in [6.07, 6.45) is 2.90. The van der Waals surface area contributed by atoms with Crippen molar-refractivity contribution < 1.29 is 9.53 Å². The van der Waals surface area contributed by atoms with E-state index >= 15 is 0 Å². The average molecular weight is 264 g/mol. The van der Waals surface area contributed by atoms with E-state index in [-0.39, 0.29) is 12.2 Å². The van der Waals surface area contributed by atoms with Gasteiger partial charge in [-0.3, -0.25) is 4.90 Å². The van der Waals surface area contributed by atoms with Gasteiger partial charge in [0.25, 0.3) is 0 Å². The molecule has 94 valence electrons. The molecule has 0 aliphatic carbocycles. The van der Waals surface area contributed by atoms with Crippen LogP contribution in [-0.4, -0.2) is 33.7 Å². The average Bonchev–Trinajstić information content (AvgIpc) is 3.02. The quantitative estimate of drug-likeness (QED) is 0.846. The Morgan fingerprint density at radius 2 is 2.50 bits per heavy atom. The Morgan fingerprint density at radius 3 is 3.17 bits per heavy atom. The molecule has 1 saturated heterocycles. The lowest BCUT2D eigenvalue weighted by Gasteiger charge is -2.09. The first kappa shape index (κ1) is 11.2. The third-order valence-electron chi connectivity index (χ3n) is 2.72. The normalized spacial score (nSPS) is 19.3. The van der Waals surface area contributed by atoms with Crippen LogP contribution in [-0.2, 0) is 11.3 Å². The lowest BCUT2D eigenvalue weighted by Crippen LogP contribution is -2.25. The number of aromatic nitrogens is 3. The van der Waals surface area contributed by atoms with Crippen LogP contribution in [0.1, 0.15) is 5.56 Å². The van der Waals surface area contributed by atoms with Crippen molar-refractivity contribution in [2.75, 3.05) is 11.4 Å². The predicted molar refractivity (Wildman–Crippen MR) is 66.7 cm³/mol. The smallest absolute Gasteiger partial charge is 0.415 e. The van der Waals surface area contributed by atoms with Gasteiger partial charge in [0.15, 0.2) is 0 Å². The monoisotopic (exact) mass is 264 g/mol. The zero-order valence-electron chi connectivity index (χ0n) is 9.81. The Bertz CT molecular complexity index is 551. The molecule has 1 aliphatic heterocycles. The molecule has 0 spiro atoms. The van der Waals surface area contributed by atoms with Gasteiger partial charge in [0.2, 0.25) is 0 Å². The summed E-state index contributed by atoms with van der Waals surface area (Å²) in [5, 5.41) is 10.5. The van der Waals surface area contributed by atoms with Gasteiger partial charge in [-0.25, -0.2) is 9.48 Å². The van der Waals surface area contributed by atoms with Gasteiger partial charge in [0.1, 0.15) is 11.1 Å². The van der Waals surface area contributed by atoms with Crippen molar-refractivity contribution in [3.63, 3.8) is 0 Å². The van der Waals surface area contributed by atoms with E-state index in [4.69, 9.17) is 4.74 Å². The predicted octanol–water partition coefficient (Wildman–Crippen LogP) is 1.67. The number of cyclic esters (lactones) is 1. The van der Waals surface area contributed by atoms with Crippen LogP contribution in [0.25, 0.3) is 0 Å². The zero-order chi connectivity index (χ0) is 12.5. The van der Waals surface area contributed by atoms with Gasteiger partial charge in [0.05, 0.1) is 19.3 Å². The van der Waals surface area contributed by atoms with Gasteiger partial charge in [-0.05, 0) is 23.9 Å². The van der Waals surface area contributed by atoms with E-state index in [1.165, 1.54) is 0 Å². The van der Waals surface area contributed by atoms with E-state index in [1.807, 2.05) is 18.4 Å². The van der Waals surface area contributed by atoms with Crippen LogP contribution in [0.2, 0.25) is 0 Å².